The number of aliphatic hydroxyl groups is 1. The molecule has 2 atom stereocenters. The molecular weight excluding hydrogens is 413 g/mol. The zero-order valence-electron chi connectivity index (χ0n) is 17.1. The molecule has 1 aromatic heterocycles. The first-order chi connectivity index (χ1) is 13.6. The predicted octanol–water partition coefficient (Wildman–Crippen LogP) is 3.88. The second-order valence-electron chi connectivity index (χ2n) is 7.95. The molecule has 0 unspecified atom stereocenters. The monoisotopic (exact) mass is 439 g/mol. The molecule has 1 aliphatic heterocycles. The van der Waals surface area contributed by atoms with Gasteiger partial charge in [-0.25, -0.2) is 0 Å². The van der Waals surface area contributed by atoms with Crippen LogP contribution in [0.5, 0.6) is 0 Å². The zero-order valence-corrected chi connectivity index (χ0v) is 18.6. The van der Waals surface area contributed by atoms with Crippen molar-refractivity contribution >= 4 is 34.8 Å². The first-order valence-electron chi connectivity index (χ1n) is 9.57. The molecule has 29 heavy (non-hydrogen) atoms. The van der Waals surface area contributed by atoms with Gasteiger partial charge < -0.3 is 25.0 Å². The fraction of sp³-hybridized carbons (Fsp3) is 0.476. The van der Waals surface area contributed by atoms with Gasteiger partial charge >= 0.3 is 0 Å². The number of piperidine rings is 1. The minimum Gasteiger partial charge on any atom is -0.386 e. The van der Waals surface area contributed by atoms with Crippen molar-refractivity contribution in [3.05, 3.63) is 51.3 Å². The maximum Gasteiger partial charge on any atom is 0.269 e. The fourth-order valence-electron chi connectivity index (χ4n) is 3.60. The van der Waals surface area contributed by atoms with Crippen molar-refractivity contribution in [1.82, 2.24) is 10.3 Å². The Kier molecular flexibility index (Phi) is 6.48. The summed E-state index contributed by atoms with van der Waals surface area (Å²) in [6.45, 7) is 6.71. The fourth-order valence-corrected chi connectivity index (χ4v) is 4.02. The van der Waals surface area contributed by atoms with Gasteiger partial charge in [0.15, 0.2) is 0 Å². The molecule has 1 aromatic carbocycles. The molecule has 158 valence electrons. The van der Waals surface area contributed by atoms with Gasteiger partial charge in [-0.1, -0.05) is 35.3 Å². The van der Waals surface area contributed by atoms with Crippen molar-refractivity contribution in [3.63, 3.8) is 0 Å². The van der Waals surface area contributed by atoms with Gasteiger partial charge in [-0.3, -0.25) is 4.79 Å². The molecule has 2 heterocycles. The van der Waals surface area contributed by atoms with Crippen LogP contribution in [0.2, 0.25) is 10.0 Å². The Morgan fingerprint density at radius 1 is 1.28 bits per heavy atom. The molecule has 3 N–H and O–H groups in total. The molecule has 0 radical (unpaired) electrons. The van der Waals surface area contributed by atoms with E-state index in [2.05, 4.69) is 15.2 Å². The highest BCUT2D eigenvalue weighted by molar-refractivity contribution is 6.44. The quantitative estimate of drug-likeness (QED) is 0.660. The smallest absolute Gasteiger partial charge is 0.269 e. The normalized spacial score (nSPS) is 20.0. The number of aromatic amines is 1. The van der Waals surface area contributed by atoms with E-state index in [1.165, 1.54) is 0 Å². The summed E-state index contributed by atoms with van der Waals surface area (Å²) in [5.41, 5.74) is 1.98. The number of halogens is 2. The SMILES string of the molecule is CO[C@H]1CN(c2ccc(C(C)(C)O)cc2)CC[C@H]1NC(=O)c1[nH]c(C)c(Cl)c1Cl. The summed E-state index contributed by atoms with van der Waals surface area (Å²) < 4.78 is 5.66. The molecule has 3 rings (SSSR count). The van der Waals surface area contributed by atoms with Crippen LogP contribution in [0, 0.1) is 6.92 Å². The molecule has 2 aromatic rings. The topological polar surface area (TPSA) is 77.6 Å². The molecule has 0 saturated carbocycles. The number of aryl methyl sites for hydroxylation is 1. The number of carbonyl (C=O) groups is 1. The van der Waals surface area contributed by atoms with Crippen molar-refractivity contribution < 1.29 is 14.6 Å². The van der Waals surface area contributed by atoms with Gasteiger partial charge in [-0.05, 0) is 44.9 Å². The van der Waals surface area contributed by atoms with E-state index in [-0.39, 0.29) is 28.8 Å². The Labute approximate surface area is 181 Å². The Balaban J connectivity index is 1.68. The average Bonchev–Trinajstić information content (AvgIpc) is 2.95. The summed E-state index contributed by atoms with van der Waals surface area (Å²) in [5.74, 6) is -0.292. The minimum atomic E-state index is -0.870. The number of rotatable bonds is 5. The number of carbonyl (C=O) groups excluding carboxylic acids is 1. The highest BCUT2D eigenvalue weighted by atomic mass is 35.5. The van der Waals surface area contributed by atoms with Crippen LogP contribution >= 0.6 is 23.2 Å². The summed E-state index contributed by atoms with van der Waals surface area (Å²) in [5, 5.41) is 13.7. The lowest BCUT2D eigenvalue weighted by atomic mass is 9.97. The predicted molar refractivity (Wildman–Crippen MR) is 116 cm³/mol. The van der Waals surface area contributed by atoms with Gasteiger partial charge in [0.25, 0.3) is 5.91 Å². The number of methoxy groups -OCH3 is 1. The van der Waals surface area contributed by atoms with Crippen LogP contribution in [-0.4, -0.2) is 48.3 Å². The zero-order chi connectivity index (χ0) is 21.3. The van der Waals surface area contributed by atoms with Crippen LogP contribution in [0.1, 0.15) is 42.0 Å². The Hall–Kier alpha value is -1.73. The van der Waals surface area contributed by atoms with Crippen LogP contribution < -0.4 is 10.2 Å². The van der Waals surface area contributed by atoms with Crippen molar-refractivity contribution in [2.75, 3.05) is 25.1 Å². The number of aromatic nitrogens is 1. The first-order valence-corrected chi connectivity index (χ1v) is 10.3. The maximum atomic E-state index is 12.7. The minimum absolute atomic E-state index is 0.141. The lowest BCUT2D eigenvalue weighted by Gasteiger charge is -2.39. The van der Waals surface area contributed by atoms with E-state index in [0.717, 1.165) is 24.2 Å². The lowest BCUT2D eigenvalue weighted by Crippen LogP contribution is -2.55. The van der Waals surface area contributed by atoms with Crippen LogP contribution in [0.15, 0.2) is 24.3 Å². The van der Waals surface area contributed by atoms with E-state index >= 15 is 0 Å². The Bertz CT molecular complexity index is 875. The van der Waals surface area contributed by atoms with Gasteiger partial charge in [0.2, 0.25) is 0 Å². The lowest BCUT2D eigenvalue weighted by molar-refractivity contribution is 0.0540. The third-order valence-corrected chi connectivity index (χ3v) is 6.35. The van der Waals surface area contributed by atoms with Crippen LogP contribution in [0.4, 0.5) is 5.69 Å². The number of hydrogen-bond acceptors (Lipinski definition) is 4. The molecule has 1 aliphatic rings. The largest absolute Gasteiger partial charge is 0.386 e. The molecule has 6 nitrogen and oxygen atoms in total. The summed E-state index contributed by atoms with van der Waals surface area (Å²) in [6.07, 6.45) is 0.551. The highest BCUT2D eigenvalue weighted by Gasteiger charge is 2.32. The van der Waals surface area contributed by atoms with E-state index in [9.17, 15) is 9.90 Å². The second kappa shape index (κ2) is 8.56. The number of hydrogen-bond donors (Lipinski definition) is 3. The maximum absolute atomic E-state index is 12.7. The van der Waals surface area contributed by atoms with Crippen LogP contribution in [0.3, 0.4) is 0 Å². The first kappa shape index (κ1) is 22.0. The third kappa shape index (κ3) is 4.72. The molecular formula is C21H27Cl2N3O3. The molecule has 8 heteroatoms. The molecule has 1 fully saturated rings. The molecule has 0 aliphatic carbocycles. The third-order valence-electron chi connectivity index (χ3n) is 5.40. The van der Waals surface area contributed by atoms with Crippen LogP contribution in [0.25, 0.3) is 0 Å². The van der Waals surface area contributed by atoms with Gasteiger partial charge in [0.05, 0.1) is 27.8 Å². The summed E-state index contributed by atoms with van der Waals surface area (Å²) in [7, 11) is 1.65. The summed E-state index contributed by atoms with van der Waals surface area (Å²) in [4.78, 5) is 17.8. The average molecular weight is 440 g/mol. The molecule has 1 saturated heterocycles. The second-order valence-corrected chi connectivity index (χ2v) is 8.70. The van der Waals surface area contributed by atoms with E-state index < -0.39 is 5.60 Å². The number of amides is 1. The van der Waals surface area contributed by atoms with E-state index in [4.69, 9.17) is 27.9 Å². The Morgan fingerprint density at radius 2 is 1.93 bits per heavy atom. The van der Waals surface area contributed by atoms with Crippen molar-refractivity contribution in [2.24, 2.45) is 0 Å². The van der Waals surface area contributed by atoms with Crippen molar-refractivity contribution in [3.8, 4) is 0 Å². The summed E-state index contributed by atoms with van der Waals surface area (Å²) in [6, 6.07) is 7.73. The molecule has 0 bridgehead atoms. The van der Waals surface area contributed by atoms with E-state index in [1.54, 1.807) is 27.9 Å². The van der Waals surface area contributed by atoms with Crippen LogP contribution in [-0.2, 0) is 10.3 Å². The standard InChI is InChI=1S/C21H27Cl2N3O3/c1-12-17(22)18(23)19(24-12)20(27)25-15-9-10-26(11-16(15)29-4)14-7-5-13(6-8-14)21(2,3)28/h5-8,15-16,24,28H,9-11H2,1-4H3,(H,25,27)/t15-,16+/m1/s1. The summed E-state index contributed by atoms with van der Waals surface area (Å²) >= 11 is 12.2. The van der Waals surface area contributed by atoms with Gasteiger partial charge in [-0.2, -0.15) is 0 Å². The Morgan fingerprint density at radius 3 is 2.45 bits per heavy atom. The number of H-pyrrole nitrogens is 1. The number of nitrogens with one attached hydrogen (secondary N) is 2. The van der Waals surface area contributed by atoms with E-state index in [1.807, 2.05) is 24.3 Å². The van der Waals surface area contributed by atoms with E-state index in [0.29, 0.717) is 17.3 Å². The van der Waals surface area contributed by atoms with Gasteiger partial charge in [0.1, 0.15) is 5.69 Å². The van der Waals surface area contributed by atoms with Gasteiger partial charge in [-0.15, -0.1) is 0 Å². The number of benzene rings is 1. The van der Waals surface area contributed by atoms with Crippen molar-refractivity contribution in [1.29, 1.82) is 0 Å². The number of nitrogens with zero attached hydrogens (tertiary/aromatic N) is 1. The number of anilines is 1. The van der Waals surface area contributed by atoms with Gasteiger partial charge in [0, 0.05) is 31.6 Å². The highest BCUT2D eigenvalue weighted by Crippen LogP contribution is 2.30. The van der Waals surface area contributed by atoms with Crippen molar-refractivity contribution in [2.45, 2.75) is 44.9 Å². The molecule has 1 amide bonds. The molecule has 0 spiro atoms. The number of ether oxygens (including phenoxy) is 1.